The van der Waals surface area contributed by atoms with Crippen LogP contribution in [0.15, 0.2) is 28.9 Å². The molecule has 0 bridgehead atoms. The molecule has 122 valence electrons. The Hall–Kier alpha value is -2.01. The van der Waals surface area contributed by atoms with E-state index in [-0.39, 0.29) is 0 Å². The first-order valence-electron chi connectivity index (χ1n) is 7.89. The number of hydrogen-bond donors (Lipinski definition) is 1. The van der Waals surface area contributed by atoms with Gasteiger partial charge in [-0.1, -0.05) is 0 Å². The molecule has 0 saturated heterocycles. The zero-order valence-corrected chi connectivity index (χ0v) is 15.1. The highest BCUT2D eigenvalue weighted by Gasteiger charge is 2.17. The molecule has 0 aromatic carbocycles. The molecule has 0 unspecified atom stereocenters. The smallest absolute Gasteiger partial charge is 0.183 e. The third-order valence-electron chi connectivity index (χ3n) is 3.93. The molecule has 0 fully saturated rings. The number of thiazole rings is 1. The Morgan fingerprint density at radius 3 is 2.74 bits per heavy atom. The minimum absolute atomic E-state index is 0.389. The van der Waals surface area contributed by atoms with Gasteiger partial charge in [-0.15, -0.1) is 11.3 Å². The molecule has 3 aromatic heterocycles. The first-order chi connectivity index (χ1) is 11.0. The molecule has 3 heterocycles. The van der Waals surface area contributed by atoms with Gasteiger partial charge >= 0.3 is 0 Å². The van der Waals surface area contributed by atoms with Gasteiger partial charge in [-0.2, -0.15) is 0 Å². The number of anilines is 1. The Labute approximate surface area is 141 Å². The van der Waals surface area contributed by atoms with Crippen LogP contribution in [0.3, 0.4) is 0 Å². The van der Waals surface area contributed by atoms with Gasteiger partial charge in [-0.05, 0) is 52.8 Å². The Kier molecular flexibility index (Phi) is 4.31. The Morgan fingerprint density at radius 1 is 1.30 bits per heavy atom. The maximum atomic E-state index is 5.49. The minimum Gasteiger partial charge on any atom is -0.467 e. The van der Waals surface area contributed by atoms with Crippen LogP contribution in [0.4, 0.5) is 5.13 Å². The lowest BCUT2D eigenvalue weighted by molar-refractivity contribution is 0.489. The van der Waals surface area contributed by atoms with Crippen LogP contribution in [-0.4, -0.2) is 15.6 Å². The summed E-state index contributed by atoms with van der Waals surface area (Å²) >= 11 is 1.72. The van der Waals surface area contributed by atoms with E-state index in [2.05, 4.69) is 50.6 Å². The van der Waals surface area contributed by atoms with Crippen LogP contribution >= 0.6 is 11.3 Å². The first-order valence-corrected chi connectivity index (χ1v) is 8.70. The van der Waals surface area contributed by atoms with Gasteiger partial charge in [0, 0.05) is 27.9 Å². The fourth-order valence-corrected chi connectivity index (χ4v) is 3.77. The molecule has 0 radical (unpaired) electrons. The van der Waals surface area contributed by atoms with Gasteiger partial charge in [0.05, 0.1) is 18.5 Å². The summed E-state index contributed by atoms with van der Waals surface area (Å²) in [6, 6.07) is 6.55. The second kappa shape index (κ2) is 6.24. The van der Waals surface area contributed by atoms with Crippen LogP contribution in [0.1, 0.15) is 35.9 Å². The number of hydrogen-bond acceptors (Lipinski definition) is 4. The number of nitrogens with one attached hydrogen (secondary N) is 1. The molecule has 0 aliphatic rings. The SMILES string of the molecule is Cc1sc(NC(C)C)nc1-c1cc(C)n(Cc2ccco2)c1C. The van der Waals surface area contributed by atoms with E-state index in [1.54, 1.807) is 17.6 Å². The van der Waals surface area contributed by atoms with E-state index in [1.807, 2.05) is 12.1 Å². The molecule has 0 saturated carbocycles. The number of nitrogens with zero attached hydrogens (tertiary/aromatic N) is 2. The van der Waals surface area contributed by atoms with Crippen LogP contribution in [0.5, 0.6) is 0 Å². The highest BCUT2D eigenvalue weighted by atomic mass is 32.1. The maximum Gasteiger partial charge on any atom is 0.183 e. The topological polar surface area (TPSA) is 43.0 Å². The van der Waals surface area contributed by atoms with Crippen molar-refractivity contribution in [1.29, 1.82) is 0 Å². The third-order valence-corrected chi connectivity index (χ3v) is 4.83. The van der Waals surface area contributed by atoms with E-state index in [9.17, 15) is 0 Å². The normalized spacial score (nSPS) is 11.4. The van der Waals surface area contributed by atoms with Crippen molar-refractivity contribution in [2.75, 3.05) is 5.32 Å². The van der Waals surface area contributed by atoms with E-state index >= 15 is 0 Å². The van der Waals surface area contributed by atoms with E-state index in [0.717, 1.165) is 23.1 Å². The van der Waals surface area contributed by atoms with Crippen LogP contribution in [-0.2, 0) is 6.54 Å². The maximum absolute atomic E-state index is 5.49. The van der Waals surface area contributed by atoms with Gasteiger partial charge in [0.15, 0.2) is 5.13 Å². The van der Waals surface area contributed by atoms with E-state index in [4.69, 9.17) is 9.40 Å². The van der Waals surface area contributed by atoms with E-state index in [0.29, 0.717) is 6.04 Å². The summed E-state index contributed by atoms with van der Waals surface area (Å²) in [6.07, 6.45) is 1.72. The molecule has 5 heteroatoms. The largest absolute Gasteiger partial charge is 0.467 e. The molecule has 0 amide bonds. The number of aromatic nitrogens is 2. The summed E-state index contributed by atoms with van der Waals surface area (Å²) in [7, 11) is 0. The predicted molar refractivity (Wildman–Crippen MR) is 96.3 cm³/mol. The van der Waals surface area contributed by atoms with Crippen LogP contribution in [0, 0.1) is 20.8 Å². The Morgan fingerprint density at radius 2 is 2.09 bits per heavy atom. The standard InChI is InChI=1S/C18H23N3OS/c1-11(2)19-18-20-17(14(5)23-18)16-9-12(3)21(13(16)4)10-15-7-6-8-22-15/h6-9,11H,10H2,1-5H3,(H,19,20). The molecule has 3 aromatic rings. The average molecular weight is 329 g/mol. The number of furan rings is 1. The summed E-state index contributed by atoms with van der Waals surface area (Å²) in [5, 5.41) is 4.39. The molecule has 0 aliphatic carbocycles. The average Bonchev–Trinajstić information content (AvgIpc) is 3.15. The van der Waals surface area contributed by atoms with Crippen LogP contribution < -0.4 is 5.32 Å². The van der Waals surface area contributed by atoms with Gasteiger partial charge in [-0.25, -0.2) is 4.98 Å². The summed E-state index contributed by atoms with van der Waals surface area (Å²) in [5.41, 5.74) is 4.74. The molecular formula is C18H23N3OS. The predicted octanol–water partition coefficient (Wildman–Crippen LogP) is 5.00. The van der Waals surface area contributed by atoms with Crippen LogP contribution in [0.2, 0.25) is 0 Å². The quantitative estimate of drug-likeness (QED) is 0.716. The van der Waals surface area contributed by atoms with Gasteiger partial charge in [0.2, 0.25) is 0 Å². The zero-order chi connectivity index (χ0) is 16.6. The molecule has 23 heavy (non-hydrogen) atoms. The minimum atomic E-state index is 0.389. The molecular weight excluding hydrogens is 306 g/mol. The fraction of sp³-hybridized carbons (Fsp3) is 0.389. The van der Waals surface area contributed by atoms with Crippen molar-refractivity contribution in [3.63, 3.8) is 0 Å². The lowest BCUT2D eigenvalue weighted by Crippen LogP contribution is -2.09. The van der Waals surface area contributed by atoms with E-state index in [1.165, 1.54) is 21.8 Å². The third kappa shape index (κ3) is 3.20. The summed E-state index contributed by atoms with van der Waals surface area (Å²) in [5.74, 6) is 0.968. The van der Waals surface area contributed by atoms with Gasteiger partial charge in [-0.3, -0.25) is 0 Å². The monoisotopic (exact) mass is 329 g/mol. The van der Waals surface area contributed by atoms with E-state index < -0.39 is 0 Å². The first kappa shape index (κ1) is 15.9. The van der Waals surface area contributed by atoms with Crippen LogP contribution in [0.25, 0.3) is 11.3 Å². The Balaban J connectivity index is 1.96. The highest BCUT2D eigenvalue weighted by Crippen LogP contribution is 2.34. The van der Waals surface area contributed by atoms with Crippen molar-refractivity contribution >= 4 is 16.5 Å². The second-order valence-corrected chi connectivity index (χ2v) is 7.38. The van der Waals surface area contributed by atoms with Gasteiger partial charge in [0.1, 0.15) is 5.76 Å². The molecule has 0 aliphatic heterocycles. The molecule has 0 spiro atoms. The molecule has 0 atom stereocenters. The van der Waals surface area contributed by atoms with Crippen molar-refractivity contribution in [2.45, 2.75) is 47.2 Å². The molecule has 1 N–H and O–H groups in total. The van der Waals surface area contributed by atoms with Gasteiger partial charge in [0.25, 0.3) is 0 Å². The summed E-state index contributed by atoms with van der Waals surface area (Å²) in [4.78, 5) is 6.05. The highest BCUT2D eigenvalue weighted by molar-refractivity contribution is 7.16. The van der Waals surface area contributed by atoms with Crippen molar-refractivity contribution in [1.82, 2.24) is 9.55 Å². The van der Waals surface area contributed by atoms with Gasteiger partial charge < -0.3 is 14.3 Å². The zero-order valence-electron chi connectivity index (χ0n) is 14.3. The van der Waals surface area contributed by atoms with Crippen molar-refractivity contribution in [3.8, 4) is 11.3 Å². The second-order valence-electron chi connectivity index (χ2n) is 6.17. The van der Waals surface area contributed by atoms with Crippen molar-refractivity contribution in [2.24, 2.45) is 0 Å². The lowest BCUT2D eigenvalue weighted by atomic mass is 10.1. The lowest BCUT2D eigenvalue weighted by Gasteiger charge is -2.07. The molecule has 3 rings (SSSR count). The fourth-order valence-electron chi connectivity index (χ4n) is 2.80. The molecule has 4 nitrogen and oxygen atoms in total. The number of rotatable bonds is 5. The van der Waals surface area contributed by atoms with Crippen molar-refractivity contribution < 1.29 is 4.42 Å². The van der Waals surface area contributed by atoms with Crippen molar-refractivity contribution in [3.05, 3.63) is 46.5 Å². The summed E-state index contributed by atoms with van der Waals surface area (Å²) < 4.78 is 7.77. The number of aryl methyl sites for hydroxylation is 2. The summed E-state index contributed by atoms with van der Waals surface area (Å²) in [6.45, 7) is 11.4. The Bertz CT molecular complexity index is 797.